The zero-order chi connectivity index (χ0) is 34.6. The van der Waals surface area contributed by atoms with Crippen LogP contribution in [0.4, 0.5) is 0 Å². The maximum absolute atomic E-state index is 6.66. The van der Waals surface area contributed by atoms with Gasteiger partial charge in [0.05, 0.1) is 0 Å². The van der Waals surface area contributed by atoms with Crippen molar-refractivity contribution in [2.45, 2.75) is 19.3 Å². The minimum absolute atomic E-state index is 0.182. The summed E-state index contributed by atoms with van der Waals surface area (Å²) >= 11 is 0. The van der Waals surface area contributed by atoms with Gasteiger partial charge in [0.15, 0.2) is 0 Å². The smallest absolute Gasteiger partial charge is 0.143 e. The first-order chi connectivity index (χ1) is 25.6. The highest BCUT2D eigenvalue weighted by Gasteiger charge is 2.40. The van der Waals surface area contributed by atoms with Crippen molar-refractivity contribution < 1.29 is 4.42 Å². The number of hydrogen-bond acceptors (Lipinski definition) is 1. The van der Waals surface area contributed by atoms with Crippen LogP contribution in [0.3, 0.4) is 0 Å². The van der Waals surface area contributed by atoms with Gasteiger partial charge in [0.25, 0.3) is 0 Å². The minimum atomic E-state index is -0.182. The van der Waals surface area contributed by atoms with Gasteiger partial charge in [0.2, 0.25) is 0 Å². The van der Waals surface area contributed by atoms with Crippen LogP contribution >= 0.6 is 0 Å². The van der Waals surface area contributed by atoms with Gasteiger partial charge in [-0.25, -0.2) is 0 Å². The molecule has 0 N–H and O–H groups in total. The van der Waals surface area contributed by atoms with E-state index in [1.165, 1.54) is 93.3 Å². The molecule has 0 saturated carbocycles. The predicted octanol–water partition coefficient (Wildman–Crippen LogP) is 14.4. The predicted molar refractivity (Wildman–Crippen MR) is 220 cm³/mol. The standard InChI is InChI=1S/C51H34O/c1-51(2)44-21-11-9-20-41(44)48-49(51)42(30-43-36-15-10-12-22-45(36)52-50(43)48)32-24-26-33(27-25-32)46-37-16-5-7-18-39(37)47(40-19-8-6-17-38(40)46)35-28-23-31-13-3-4-14-34(31)29-35/h3-30H,1-2H3. The molecule has 0 spiro atoms. The Morgan fingerprint density at radius 3 is 1.63 bits per heavy atom. The van der Waals surface area contributed by atoms with Crippen molar-refractivity contribution in [1.29, 1.82) is 0 Å². The Balaban J connectivity index is 1.14. The molecular formula is C51H34O. The van der Waals surface area contributed by atoms with Crippen LogP contribution < -0.4 is 0 Å². The summed E-state index contributed by atoms with van der Waals surface area (Å²) in [5, 5.41) is 9.91. The number of hydrogen-bond donors (Lipinski definition) is 0. The van der Waals surface area contributed by atoms with Crippen molar-refractivity contribution in [3.63, 3.8) is 0 Å². The van der Waals surface area contributed by atoms with Gasteiger partial charge in [-0.15, -0.1) is 0 Å². The molecule has 0 aliphatic heterocycles. The second-order valence-electron chi connectivity index (χ2n) is 14.8. The Bertz CT molecular complexity index is 3030. The molecule has 0 amide bonds. The molecule has 0 atom stereocenters. The zero-order valence-corrected chi connectivity index (χ0v) is 29.1. The summed E-state index contributed by atoms with van der Waals surface area (Å²) in [4.78, 5) is 0. The molecule has 1 aliphatic rings. The van der Waals surface area contributed by atoms with E-state index in [9.17, 15) is 0 Å². The monoisotopic (exact) mass is 662 g/mol. The molecule has 11 rings (SSSR count). The third kappa shape index (κ3) is 4.05. The van der Waals surface area contributed by atoms with E-state index in [0.717, 1.165) is 16.6 Å². The van der Waals surface area contributed by atoms with Gasteiger partial charge in [0.1, 0.15) is 11.2 Å². The van der Waals surface area contributed by atoms with E-state index in [4.69, 9.17) is 4.42 Å². The van der Waals surface area contributed by atoms with Crippen LogP contribution in [0, 0.1) is 0 Å². The van der Waals surface area contributed by atoms with Crippen LogP contribution in [0.15, 0.2) is 174 Å². The van der Waals surface area contributed by atoms with Crippen molar-refractivity contribution in [2.24, 2.45) is 0 Å². The molecule has 0 radical (unpaired) electrons. The summed E-state index contributed by atoms with van der Waals surface area (Å²) in [5.41, 5.74) is 14.4. The Kier molecular flexibility index (Phi) is 6.08. The summed E-state index contributed by atoms with van der Waals surface area (Å²) < 4.78 is 6.66. The lowest BCUT2D eigenvalue weighted by Gasteiger charge is -2.25. The third-order valence-electron chi connectivity index (χ3n) is 11.6. The first-order valence-electron chi connectivity index (χ1n) is 18.2. The molecule has 1 heteroatoms. The second kappa shape index (κ2) is 10.8. The van der Waals surface area contributed by atoms with Gasteiger partial charge in [0, 0.05) is 21.8 Å². The molecule has 244 valence electrons. The first-order valence-corrected chi connectivity index (χ1v) is 18.2. The fourth-order valence-electron chi connectivity index (χ4n) is 9.29. The summed E-state index contributed by atoms with van der Waals surface area (Å²) in [6, 6.07) is 62.4. The molecule has 0 fully saturated rings. The Labute approximate surface area is 302 Å². The third-order valence-corrected chi connectivity index (χ3v) is 11.6. The maximum atomic E-state index is 6.66. The van der Waals surface area contributed by atoms with E-state index in [-0.39, 0.29) is 5.41 Å². The highest BCUT2D eigenvalue weighted by atomic mass is 16.3. The summed E-state index contributed by atoms with van der Waals surface area (Å²) in [5.74, 6) is 0. The van der Waals surface area contributed by atoms with Crippen LogP contribution in [0.5, 0.6) is 0 Å². The number of furan rings is 1. The van der Waals surface area contributed by atoms with E-state index >= 15 is 0 Å². The summed E-state index contributed by atoms with van der Waals surface area (Å²) in [7, 11) is 0. The lowest BCUT2D eigenvalue weighted by atomic mass is 9.78. The Morgan fingerprint density at radius 2 is 0.923 bits per heavy atom. The highest BCUT2D eigenvalue weighted by Crippen LogP contribution is 2.56. The molecule has 1 heterocycles. The van der Waals surface area contributed by atoms with Gasteiger partial charge >= 0.3 is 0 Å². The average Bonchev–Trinajstić information content (AvgIpc) is 3.68. The molecule has 1 aromatic heterocycles. The van der Waals surface area contributed by atoms with Gasteiger partial charge in [-0.05, 0) is 101 Å². The van der Waals surface area contributed by atoms with Crippen LogP contribution in [0.1, 0.15) is 25.0 Å². The number of benzene rings is 9. The van der Waals surface area contributed by atoms with Gasteiger partial charge in [-0.1, -0.05) is 166 Å². The van der Waals surface area contributed by atoms with Crippen LogP contribution in [-0.4, -0.2) is 0 Å². The Hall–Kier alpha value is -6.44. The number of fused-ring (bicyclic) bond motifs is 10. The molecule has 9 aromatic carbocycles. The van der Waals surface area contributed by atoms with E-state index in [0.29, 0.717) is 0 Å². The van der Waals surface area contributed by atoms with Gasteiger partial charge < -0.3 is 4.42 Å². The minimum Gasteiger partial charge on any atom is -0.455 e. The normalized spacial score (nSPS) is 13.3. The van der Waals surface area contributed by atoms with Crippen LogP contribution in [0.25, 0.3) is 98.8 Å². The molecule has 0 saturated heterocycles. The van der Waals surface area contributed by atoms with Crippen LogP contribution in [0.2, 0.25) is 0 Å². The SMILES string of the molecule is CC1(C)c2ccccc2-c2c1c(-c1ccc(-c3c4ccccc4c(-c4ccc5ccccc5c4)c4ccccc34)cc1)cc1c2oc2ccccc21. The van der Waals surface area contributed by atoms with Crippen molar-refractivity contribution in [3.05, 3.63) is 181 Å². The van der Waals surface area contributed by atoms with Crippen molar-refractivity contribution in [1.82, 2.24) is 0 Å². The van der Waals surface area contributed by atoms with Crippen LogP contribution in [-0.2, 0) is 5.41 Å². The van der Waals surface area contributed by atoms with Crippen molar-refractivity contribution in [2.75, 3.05) is 0 Å². The largest absolute Gasteiger partial charge is 0.455 e. The van der Waals surface area contributed by atoms with E-state index < -0.39 is 0 Å². The topological polar surface area (TPSA) is 13.1 Å². The van der Waals surface area contributed by atoms with E-state index in [2.05, 4.69) is 184 Å². The van der Waals surface area contributed by atoms with Gasteiger partial charge in [-0.2, -0.15) is 0 Å². The zero-order valence-electron chi connectivity index (χ0n) is 29.1. The quantitative estimate of drug-likeness (QED) is 0.172. The molecular weight excluding hydrogens is 629 g/mol. The first kappa shape index (κ1) is 29.3. The second-order valence-corrected chi connectivity index (χ2v) is 14.8. The lowest BCUT2D eigenvalue weighted by molar-refractivity contribution is 0.654. The fourth-order valence-corrected chi connectivity index (χ4v) is 9.29. The molecule has 10 aromatic rings. The average molecular weight is 663 g/mol. The molecule has 1 nitrogen and oxygen atoms in total. The van der Waals surface area contributed by atoms with Crippen molar-refractivity contribution >= 4 is 54.3 Å². The van der Waals surface area contributed by atoms with Crippen molar-refractivity contribution in [3.8, 4) is 44.5 Å². The lowest BCUT2D eigenvalue weighted by Crippen LogP contribution is -2.16. The highest BCUT2D eigenvalue weighted by molar-refractivity contribution is 6.22. The number of para-hydroxylation sites is 1. The summed E-state index contributed by atoms with van der Waals surface area (Å²) in [6.45, 7) is 4.72. The fraction of sp³-hybridized carbons (Fsp3) is 0.0588. The maximum Gasteiger partial charge on any atom is 0.143 e. The molecule has 1 aliphatic carbocycles. The van der Waals surface area contributed by atoms with E-state index in [1.54, 1.807) is 0 Å². The molecule has 52 heavy (non-hydrogen) atoms. The van der Waals surface area contributed by atoms with Gasteiger partial charge in [-0.3, -0.25) is 0 Å². The Morgan fingerprint density at radius 1 is 0.385 bits per heavy atom. The van der Waals surface area contributed by atoms with E-state index in [1.807, 2.05) is 0 Å². The summed E-state index contributed by atoms with van der Waals surface area (Å²) in [6.07, 6.45) is 0. The number of rotatable bonds is 3. The molecule has 0 bridgehead atoms. The molecule has 0 unspecified atom stereocenters.